The summed E-state index contributed by atoms with van der Waals surface area (Å²) in [6.07, 6.45) is 13.5. The lowest BCUT2D eigenvalue weighted by atomic mass is 9.78. The molecule has 1 unspecified atom stereocenters. The van der Waals surface area contributed by atoms with Crippen molar-refractivity contribution in [3.8, 4) is 17.3 Å². The smallest absolute Gasteiger partial charge is 0.335 e. The van der Waals surface area contributed by atoms with Gasteiger partial charge in [-0.2, -0.15) is 5.21 Å². The molecule has 1 atom stereocenters. The van der Waals surface area contributed by atoms with E-state index in [-0.39, 0.29) is 11.7 Å². The SMILES string of the molecule is CCCCc1cn(-c2nnnn2C(C)CC)c(=O)n1CC1(c2cccc(-c3nn[nH]n3)c2)C=CNC=C1. The lowest BCUT2D eigenvalue weighted by Gasteiger charge is -2.31. The molecule has 4 heterocycles. The maximum Gasteiger partial charge on any atom is 0.335 e. The van der Waals surface area contributed by atoms with Gasteiger partial charge in [0.05, 0.1) is 11.5 Å². The summed E-state index contributed by atoms with van der Waals surface area (Å²) in [6, 6.07) is 8.08. The normalized spacial score (nSPS) is 15.1. The van der Waals surface area contributed by atoms with E-state index in [0.29, 0.717) is 18.3 Å². The predicted molar refractivity (Wildman–Crippen MR) is 138 cm³/mol. The van der Waals surface area contributed by atoms with Gasteiger partial charge in [0, 0.05) is 24.0 Å². The van der Waals surface area contributed by atoms with E-state index in [9.17, 15) is 4.79 Å². The van der Waals surface area contributed by atoms with Gasteiger partial charge in [0.15, 0.2) is 0 Å². The highest BCUT2D eigenvalue weighted by Crippen LogP contribution is 2.33. The van der Waals surface area contributed by atoms with Crippen LogP contribution in [0.1, 0.15) is 57.3 Å². The number of aromatic nitrogens is 10. The number of nitrogens with zero attached hydrogens (tertiary/aromatic N) is 9. The highest BCUT2D eigenvalue weighted by atomic mass is 16.2. The molecule has 0 aliphatic carbocycles. The Bertz CT molecular complexity index is 1450. The molecule has 2 N–H and O–H groups in total. The van der Waals surface area contributed by atoms with Gasteiger partial charge in [-0.1, -0.05) is 55.7 Å². The Morgan fingerprint density at radius 3 is 2.70 bits per heavy atom. The highest BCUT2D eigenvalue weighted by Gasteiger charge is 2.32. The molecule has 3 aromatic heterocycles. The molecule has 0 fully saturated rings. The Kier molecular flexibility index (Phi) is 6.80. The molecule has 4 aromatic rings. The second-order valence-corrected chi connectivity index (χ2v) is 9.33. The summed E-state index contributed by atoms with van der Waals surface area (Å²) in [7, 11) is 0. The summed E-state index contributed by atoms with van der Waals surface area (Å²) in [5, 5.41) is 29.8. The Hall–Kier alpha value is -4.35. The number of allylic oxidation sites excluding steroid dienone is 2. The zero-order chi connectivity index (χ0) is 25.8. The van der Waals surface area contributed by atoms with Crippen molar-refractivity contribution in [1.82, 2.24) is 55.3 Å². The summed E-state index contributed by atoms with van der Waals surface area (Å²) in [6.45, 7) is 6.66. The van der Waals surface area contributed by atoms with Crippen molar-refractivity contribution in [3.63, 3.8) is 0 Å². The summed E-state index contributed by atoms with van der Waals surface area (Å²) in [4.78, 5) is 13.9. The standard InChI is InChI=1S/C25H31N11O/c1-4-6-10-21-16-34(23-29-32-33-36(23)18(3)5-2)24(37)35(21)17-25(11-13-26-14-12-25)20-9-7-8-19(15-20)22-27-30-31-28-22/h7-9,11-16,18,26H,4-6,10,17H2,1-3H3,(H,27,28,30,31). The van der Waals surface area contributed by atoms with Crippen LogP contribution in [-0.4, -0.2) is 50.0 Å². The molecular formula is C25H31N11O. The van der Waals surface area contributed by atoms with Crippen molar-refractivity contribution in [2.24, 2.45) is 0 Å². The molecule has 12 heteroatoms. The van der Waals surface area contributed by atoms with E-state index in [1.165, 1.54) is 0 Å². The Balaban J connectivity index is 1.61. The van der Waals surface area contributed by atoms with Crippen LogP contribution < -0.4 is 11.0 Å². The molecule has 37 heavy (non-hydrogen) atoms. The van der Waals surface area contributed by atoms with Gasteiger partial charge < -0.3 is 5.32 Å². The van der Waals surface area contributed by atoms with Crippen LogP contribution in [0, 0.1) is 0 Å². The molecular weight excluding hydrogens is 470 g/mol. The van der Waals surface area contributed by atoms with E-state index in [1.54, 1.807) is 9.25 Å². The van der Waals surface area contributed by atoms with E-state index in [0.717, 1.165) is 42.5 Å². The largest absolute Gasteiger partial charge is 0.368 e. The summed E-state index contributed by atoms with van der Waals surface area (Å²) >= 11 is 0. The fraction of sp³-hybridized carbons (Fsp3) is 0.400. The van der Waals surface area contributed by atoms with Crippen molar-refractivity contribution in [3.05, 3.63) is 76.8 Å². The highest BCUT2D eigenvalue weighted by molar-refractivity contribution is 5.57. The predicted octanol–water partition coefficient (Wildman–Crippen LogP) is 2.69. The van der Waals surface area contributed by atoms with Gasteiger partial charge in [0.1, 0.15) is 0 Å². The second-order valence-electron chi connectivity index (χ2n) is 9.33. The molecule has 0 bridgehead atoms. The van der Waals surface area contributed by atoms with Crippen molar-refractivity contribution in [2.75, 3.05) is 0 Å². The zero-order valence-electron chi connectivity index (χ0n) is 21.2. The fourth-order valence-electron chi connectivity index (χ4n) is 4.59. The van der Waals surface area contributed by atoms with Crippen LogP contribution in [0.5, 0.6) is 0 Å². The van der Waals surface area contributed by atoms with Gasteiger partial charge in [-0.25, -0.2) is 14.0 Å². The molecule has 0 amide bonds. The number of nitrogens with one attached hydrogen (secondary N) is 2. The minimum absolute atomic E-state index is 0.0637. The Morgan fingerprint density at radius 2 is 1.97 bits per heavy atom. The van der Waals surface area contributed by atoms with Crippen molar-refractivity contribution in [1.29, 1.82) is 0 Å². The average molecular weight is 502 g/mol. The van der Waals surface area contributed by atoms with Crippen molar-refractivity contribution in [2.45, 2.75) is 64.5 Å². The number of hydrogen-bond donors (Lipinski definition) is 2. The van der Waals surface area contributed by atoms with Crippen LogP contribution in [0.4, 0.5) is 0 Å². The van der Waals surface area contributed by atoms with E-state index in [4.69, 9.17) is 0 Å². The maximum absolute atomic E-state index is 13.9. The molecule has 1 aliphatic heterocycles. The molecule has 192 valence electrons. The van der Waals surface area contributed by atoms with Crippen molar-refractivity contribution < 1.29 is 0 Å². The van der Waals surface area contributed by atoms with E-state index in [2.05, 4.69) is 73.5 Å². The first-order chi connectivity index (χ1) is 18.1. The minimum Gasteiger partial charge on any atom is -0.368 e. The molecule has 0 radical (unpaired) electrons. The average Bonchev–Trinajstić information content (AvgIpc) is 3.70. The summed E-state index contributed by atoms with van der Waals surface area (Å²) in [5.41, 5.74) is 2.05. The van der Waals surface area contributed by atoms with Gasteiger partial charge in [0.2, 0.25) is 5.82 Å². The number of benzene rings is 1. The first-order valence-corrected chi connectivity index (χ1v) is 12.6. The van der Waals surface area contributed by atoms with Crippen LogP contribution in [0.25, 0.3) is 17.3 Å². The third kappa shape index (κ3) is 4.61. The first-order valence-electron chi connectivity index (χ1n) is 12.6. The minimum atomic E-state index is -0.579. The fourth-order valence-corrected chi connectivity index (χ4v) is 4.59. The quantitative estimate of drug-likeness (QED) is 0.338. The topological polar surface area (TPSA) is 137 Å². The van der Waals surface area contributed by atoms with E-state index in [1.807, 2.05) is 48.3 Å². The number of dihydropyridines is 1. The Labute approximate surface area is 214 Å². The van der Waals surface area contributed by atoms with E-state index < -0.39 is 5.41 Å². The monoisotopic (exact) mass is 501 g/mol. The number of H-pyrrole nitrogens is 1. The number of aromatic amines is 1. The maximum atomic E-state index is 13.9. The third-order valence-corrected chi connectivity index (χ3v) is 6.92. The number of aryl methyl sites for hydroxylation is 1. The zero-order valence-corrected chi connectivity index (χ0v) is 21.2. The second kappa shape index (κ2) is 10.3. The molecule has 5 rings (SSSR count). The van der Waals surface area contributed by atoms with Gasteiger partial charge >= 0.3 is 5.69 Å². The molecule has 0 saturated carbocycles. The number of tetrazole rings is 2. The van der Waals surface area contributed by atoms with Crippen LogP contribution >= 0.6 is 0 Å². The van der Waals surface area contributed by atoms with Crippen LogP contribution in [0.15, 0.2) is 59.8 Å². The molecule has 0 spiro atoms. The van der Waals surface area contributed by atoms with Gasteiger partial charge in [-0.05, 0) is 65.9 Å². The third-order valence-electron chi connectivity index (χ3n) is 6.92. The first kappa shape index (κ1) is 24.3. The Morgan fingerprint density at radius 1 is 1.14 bits per heavy atom. The van der Waals surface area contributed by atoms with Crippen LogP contribution in [0.3, 0.4) is 0 Å². The van der Waals surface area contributed by atoms with Crippen LogP contribution in [0.2, 0.25) is 0 Å². The van der Waals surface area contributed by atoms with Crippen molar-refractivity contribution >= 4 is 0 Å². The summed E-state index contributed by atoms with van der Waals surface area (Å²) in [5.74, 6) is 0.947. The van der Waals surface area contributed by atoms with Crippen LogP contribution in [-0.2, 0) is 18.4 Å². The van der Waals surface area contributed by atoms with Gasteiger partial charge in [0.25, 0.3) is 5.95 Å². The number of rotatable bonds is 10. The lowest BCUT2D eigenvalue weighted by molar-refractivity contribution is 0.453. The molecule has 12 nitrogen and oxygen atoms in total. The summed E-state index contributed by atoms with van der Waals surface area (Å²) < 4.78 is 5.14. The molecule has 0 saturated heterocycles. The molecule has 1 aliphatic rings. The van der Waals surface area contributed by atoms with E-state index >= 15 is 0 Å². The number of imidazole rings is 1. The number of hydrogen-bond acceptors (Lipinski definition) is 8. The molecule has 1 aromatic carbocycles. The lowest BCUT2D eigenvalue weighted by Crippen LogP contribution is -2.36. The van der Waals surface area contributed by atoms with Gasteiger partial charge in [-0.15, -0.1) is 10.2 Å². The van der Waals surface area contributed by atoms with Gasteiger partial charge in [-0.3, -0.25) is 4.57 Å². The number of unbranched alkanes of at least 4 members (excludes halogenated alkanes) is 1.